The average molecular weight is 543 g/mol. The van der Waals surface area contributed by atoms with Gasteiger partial charge in [-0.2, -0.15) is 0 Å². The summed E-state index contributed by atoms with van der Waals surface area (Å²) in [6.07, 6.45) is 1.69. The molecule has 39 heavy (non-hydrogen) atoms. The van der Waals surface area contributed by atoms with Crippen molar-refractivity contribution in [1.29, 1.82) is 0 Å². The fourth-order valence-electron chi connectivity index (χ4n) is 4.12. The van der Waals surface area contributed by atoms with Gasteiger partial charge in [-0.3, -0.25) is 23.7 Å². The molecule has 4 rings (SSSR count). The number of nitrogens with zero attached hydrogens (tertiary/aromatic N) is 5. The van der Waals surface area contributed by atoms with Crippen LogP contribution >= 0.6 is 0 Å². The Labute approximate surface area is 222 Å². The number of aromatic nitrogens is 5. The third-order valence-corrected chi connectivity index (χ3v) is 5.78. The molecule has 3 aromatic rings. The van der Waals surface area contributed by atoms with Crippen LogP contribution in [0, 0.1) is 0 Å². The molecule has 4 atom stereocenters. The fraction of sp³-hybridized carbons (Fsp3) is 0.417. The summed E-state index contributed by atoms with van der Waals surface area (Å²) in [5.41, 5.74) is 6.92. The Morgan fingerprint density at radius 3 is 2.59 bits per heavy atom. The summed E-state index contributed by atoms with van der Waals surface area (Å²) < 4.78 is 25.5. The van der Waals surface area contributed by atoms with Gasteiger partial charge in [0.05, 0.1) is 12.7 Å². The highest BCUT2D eigenvalue weighted by Gasteiger charge is 2.51. The lowest BCUT2D eigenvalue weighted by Gasteiger charge is -2.23. The van der Waals surface area contributed by atoms with E-state index in [1.54, 1.807) is 36.1 Å². The predicted molar refractivity (Wildman–Crippen MR) is 130 cm³/mol. The van der Waals surface area contributed by atoms with Crippen LogP contribution in [0.5, 0.6) is 0 Å². The number of amides is 1. The zero-order chi connectivity index (χ0) is 28.1. The molecule has 0 unspecified atom stereocenters. The summed E-state index contributed by atoms with van der Waals surface area (Å²) in [6.45, 7) is 2.11. The van der Waals surface area contributed by atoms with Crippen molar-refractivity contribution < 1.29 is 42.7 Å². The predicted octanol–water partition coefficient (Wildman–Crippen LogP) is -0.643. The van der Waals surface area contributed by atoms with E-state index in [4.69, 9.17) is 24.7 Å². The first kappa shape index (κ1) is 27.4. The van der Waals surface area contributed by atoms with E-state index in [-0.39, 0.29) is 31.3 Å². The summed E-state index contributed by atoms with van der Waals surface area (Å²) >= 11 is 0. The van der Waals surface area contributed by atoms with Gasteiger partial charge in [-0.25, -0.2) is 19.5 Å². The lowest BCUT2D eigenvalue weighted by Crippen LogP contribution is -2.40. The molecule has 0 radical (unpaired) electrons. The van der Waals surface area contributed by atoms with Crippen LogP contribution in [0.1, 0.15) is 36.9 Å². The molecule has 15 heteroatoms. The highest BCUT2D eigenvalue weighted by atomic mass is 16.7. The quantitative estimate of drug-likeness (QED) is 0.198. The fourth-order valence-corrected chi connectivity index (χ4v) is 4.12. The Morgan fingerprint density at radius 1 is 1.13 bits per heavy atom. The molecule has 206 valence electrons. The number of nitrogen functional groups attached to an aromatic ring is 1. The maximum absolute atomic E-state index is 12.4. The first-order valence-corrected chi connectivity index (χ1v) is 12.0. The number of ether oxygens (including phenoxy) is 4. The standard InChI is InChI=1S/C24H27N7O8/c1-13(32)37-19-16(10-36-17(34)6-7-26-23(35)15-5-4-8-30(3)9-15)39-24(20(19)38-14(2)33)31-12-29-18-21(25)27-11-28-22(18)31/h4-5,8-9,11-12,16,19-20,24H,6-7,10H2,1-3H3,(H2-,25,26,27,28,35)/p+1/t16-,19-,20+,24-/m1/s1. The number of hydrogen-bond acceptors (Lipinski definition) is 12. The molecule has 1 fully saturated rings. The topological polar surface area (TPSA) is 191 Å². The minimum Gasteiger partial charge on any atom is -0.463 e. The second kappa shape index (κ2) is 11.8. The number of esters is 3. The summed E-state index contributed by atoms with van der Waals surface area (Å²) in [6, 6.07) is 3.38. The van der Waals surface area contributed by atoms with Gasteiger partial charge in [0.1, 0.15) is 37.2 Å². The first-order valence-electron chi connectivity index (χ1n) is 12.0. The van der Waals surface area contributed by atoms with Crippen molar-refractivity contribution in [2.75, 3.05) is 18.9 Å². The van der Waals surface area contributed by atoms with Crippen molar-refractivity contribution in [2.45, 2.75) is 44.8 Å². The number of imidazole rings is 1. The molecule has 0 spiro atoms. The molecule has 3 N–H and O–H groups in total. The number of hydrogen-bond donors (Lipinski definition) is 2. The van der Waals surface area contributed by atoms with E-state index < -0.39 is 42.4 Å². The van der Waals surface area contributed by atoms with Crippen LogP contribution in [0.2, 0.25) is 0 Å². The Bertz CT molecular complexity index is 1390. The molecule has 0 aromatic carbocycles. The number of pyridine rings is 1. The summed E-state index contributed by atoms with van der Waals surface area (Å²) in [7, 11) is 1.79. The van der Waals surface area contributed by atoms with Crippen LogP contribution in [0.3, 0.4) is 0 Å². The summed E-state index contributed by atoms with van der Waals surface area (Å²) in [5, 5.41) is 2.65. The number of aryl methyl sites for hydroxylation is 1. The van der Waals surface area contributed by atoms with Crippen molar-refractivity contribution in [1.82, 2.24) is 24.8 Å². The SMILES string of the molecule is CC(=O)O[C@H]1[C@H](OC(C)=O)[C@@H](COC(=O)CCNC(=O)c2ccc[n+](C)c2)O[C@H]1n1cnc2c(N)ncnc21. The van der Waals surface area contributed by atoms with Crippen molar-refractivity contribution in [2.24, 2.45) is 7.05 Å². The molecule has 15 nitrogen and oxygen atoms in total. The van der Waals surface area contributed by atoms with Gasteiger partial charge < -0.3 is 30.0 Å². The van der Waals surface area contributed by atoms with Gasteiger partial charge in [0.2, 0.25) is 0 Å². The molecule has 1 saturated heterocycles. The van der Waals surface area contributed by atoms with E-state index >= 15 is 0 Å². The molecular weight excluding hydrogens is 514 g/mol. The van der Waals surface area contributed by atoms with Crippen LogP contribution in [0.15, 0.2) is 37.2 Å². The van der Waals surface area contributed by atoms with E-state index in [2.05, 4.69) is 20.3 Å². The highest BCUT2D eigenvalue weighted by Crippen LogP contribution is 2.36. The zero-order valence-corrected chi connectivity index (χ0v) is 21.5. The van der Waals surface area contributed by atoms with Crippen LogP contribution in [0.25, 0.3) is 11.2 Å². The highest BCUT2D eigenvalue weighted by molar-refractivity contribution is 5.93. The Morgan fingerprint density at radius 2 is 1.87 bits per heavy atom. The van der Waals surface area contributed by atoms with E-state index in [9.17, 15) is 19.2 Å². The van der Waals surface area contributed by atoms with Crippen molar-refractivity contribution in [3.05, 3.63) is 42.7 Å². The van der Waals surface area contributed by atoms with Crippen molar-refractivity contribution >= 4 is 40.8 Å². The summed E-state index contributed by atoms with van der Waals surface area (Å²) in [5.74, 6) is -2.13. The number of nitrogens with one attached hydrogen (secondary N) is 1. The average Bonchev–Trinajstić information content (AvgIpc) is 3.44. The molecule has 1 aliphatic rings. The van der Waals surface area contributed by atoms with Crippen molar-refractivity contribution in [3.63, 3.8) is 0 Å². The Kier molecular flexibility index (Phi) is 8.29. The Balaban J connectivity index is 1.44. The number of carbonyl (C=O) groups excluding carboxylic acids is 4. The van der Waals surface area contributed by atoms with E-state index in [0.717, 1.165) is 0 Å². The van der Waals surface area contributed by atoms with Gasteiger partial charge in [0, 0.05) is 26.5 Å². The number of anilines is 1. The number of nitrogens with two attached hydrogens (primary N) is 1. The normalized spacial score (nSPS) is 20.4. The molecule has 0 aliphatic carbocycles. The largest absolute Gasteiger partial charge is 0.463 e. The lowest BCUT2D eigenvalue weighted by atomic mass is 10.1. The maximum Gasteiger partial charge on any atom is 0.307 e. The van der Waals surface area contributed by atoms with E-state index in [0.29, 0.717) is 16.7 Å². The minimum absolute atomic E-state index is 0.0377. The molecule has 4 heterocycles. The number of carbonyl (C=O) groups is 4. The van der Waals surface area contributed by atoms with Crippen LogP contribution in [0.4, 0.5) is 5.82 Å². The molecule has 1 amide bonds. The summed E-state index contributed by atoms with van der Waals surface area (Å²) in [4.78, 5) is 60.8. The molecule has 0 saturated carbocycles. The van der Waals surface area contributed by atoms with Gasteiger partial charge in [0.25, 0.3) is 5.91 Å². The minimum atomic E-state index is -1.12. The van der Waals surface area contributed by atoms with Crippen LogP contribution in [-0.4, -0.2) is 74.8 Å². The van der Waals surface area contributed by atoms with Gasteiger partial charge in [-0.15, -0.1) is 0 Å². The second-order valence-electron chi connectivity index (χ2n) is 8.74. The Hall–Kier alpha value is -4.66. The third-order valence-electron chi connectivity index (χ3n) is 5.78. The van der Waals surface area contributed by atoms with E-state index in [1.807, 2.05) is 0 Å². The van der Waals surface area contributed by atoms with Gasteiger partial charge in [0.15, 0.2) is 42.3 Å². The zero-order valence-electron chi connectivity index (χ0n) is 21.5. The molecule has 3 aromatic heterocycles. The van der Waals surface area contributed by atoms with Crippen LogP contribution in [-0.2, 0) is 40.4 Å². The molecule has 0 bridgehead atoms. The second-order valence-corrected chi connectivity index (χ2v) is 8.74. The van der Waals surface area contributed by atoms with Gasteiger partial charge in [-0.1, -0.05) is 0 Å². The van der Waals surface area contributed by atoms with Gasteiger partial charge >= 0.3 is 17.9 Å². The van der Waals surface area contributed by atoms with Crippen LogP contribution < -0.4 is 15.6 Å². The van der Waals surface area contributed by atoms with E-state index in [1.165, 1.54) is 31.1 Å². The van der Waals surface area contributed by atoms with Gasteiger partial charge in [-0.05, 0) is 6.07 Å². The number of fused-ring (bicyclic) bond motifs is 1. The smallest absolute Gasteiger partial charge is 0.307 e. The maximum atomic E-state index is 12.4. The first-order chi connectivity index (χ1) is 18.6. The number of rotatable bonds is 9. The third kappa shape index (κ3) is 6.43. The monoisotopic (exact) mass is 542 g/mol. The lowest BCUT2D eigenvalue weighted by molar-refractivity contribution is -0.671. The molecular formula is C24H28N7O8+. The molecule has 1 aliphatic heterocycles. The van der Waals surface area contributed by atoms with Crippen molar-refractivity contribution in [3.8, 4) is 0 Å².